The van der Waals surface area contributed by atoms with Crippen molar-refractivity contribution in [3.8, 4) is 11.1 Å². The van der Waals surface area contributed by atoms with Gasteiger partial charge in [0.25, 0.3) is 0 Å². The summed E-state index contributed by atoms with van der Waals surface area (Å²) >= 11 is 0. The Morgan fingerprint density at radius 1 is 0.903 bits per heavy atom. The van der Waals surface area contributed by atoms with Crippen molar-refractivity contribution in [2.24, 2.45) is 23.2 Å². The third kappa shape index (κ3) is 3.99. The van der Waals surface area contributed by atoms with Crippen molar-refractivity contribution in [3.05, 3.63) is 64.7 Å². The molecule has 0 nitrogen and oxygen atoms in total. The van der Waals surface area contributed by atoms with E-state index < -0.39 is 0 Å². The second-order valence-corrected chi connectivity index (χ2v) is 11.4. The van der Waals surface area contributed by atoms with Crippen molar-refractivity contribution in [3.63, 3.8) is 0 Å². The summed E-state index contributed by atoms with van der Waals surface area (Å²) in [4.78, 5) is 0. The van der Waals surface area contributed by atoms with Crippen molar-refractivity contribution in [2.75, 3.05) is 0 Å². The minimum atomic E-state index is 0. The third-order valence-electron chi connectivity index (χ3n) is 9.13. The maximum Gasteiger partial charge on any atom is 0 e. The molecule has 2 aromatic rings. The Balaban J connectivity index is 0.00000204. The van der Waals surface area contributed by atoms with Gasteiger partial charge in [0.05, 0.1) is 0 Å². The van der Waals surface area contributed by atoms with E-state index in [1.54, 1.807) is 30.4 Å². The minimum absolute atomic E-state index is 0. The number of fused-ring (bicyclic) bond motifs is 1. The topological polar surface area (TPSA) is 0 Å². The fourth-order valence-electron chi connectivity index (χ4n) is 8.02. The van der Waals surface area contributed by atoms with Crippen molar-refractivity contribution in [2.45, 2.75) is 77.6 Å². The number of hydrogen-bond acceptors (Lipinski definition) is 0. The first-order valence-corrected chi connectivity index (χ1v) is 12.5. The summed E-state index contributed by atoms with van der Waals surface area (Å²) in [5, 5.41) is 0. The van der Waals surface area contributed by atoms with Crippen LogP contribution in [-0.4, -0.2) is 0 Å². The number of allylic oxidation sites excluding steroid dienone is 1. The standard InChI is InChI=1S/C30H36.Zr/c1-3-20(2)25-7-9-26(10-8-25)28-6-4-5-27-14-24(15-29(27)28)19-30-16-21-11-22(17-30)13-23(12-21)18-30;/h4-10,15,20-23H,3,11-14,16-19H2,1-2H3;. The second-order valence-electron chi connectivity index (χ2n) is 11.4. The Kier molecular flexibility index (Phi) is 5.96. The Morgan fingerprint density at radius 3 is 2.16 bits per heavy atom. The van der Waals surface area contributed by atoms with Crippen molar-refractivity contribution < 1.29 is 26.2 Å². The van der Waals surface area contributed by atoms with Crippen LogP contribution in [0.5, 0.6) is 0 Å². The maximum absolute atomic E-state index is 2.59. The molecule has 0 saturated heterocycles. The van der Waals surface area contributed by atoms with Crippen LogP contribution in [0.4, 0.5) is 0 Å². The summed E-state index contributed by atoms with van der Waals surface area (Å²) in [5.74, 6) is 3.81. The Hall–Kier alpha value is -0.937. The average molecular weight is 488 g/mol. The average Bonchev–Trinajstić information content (AvgIpc) is 3.14. The summed E-state index contributed by atoms with van der Waals surface area (Å²) in [6, 6.07) is 16.4. The zero-order valence-corrected chi connectivity index (χ0v) is 21.8. The monoisotopic (exact) mass is 486 g/mol. The molecule has 0 aliphatic heterocycles. The van der Waals surface area contributed by atoms with Crippen LogP contribution in [0.15, 0.2) is 48.0 Å². The van der Waals surface area contributed by atoms with Crippen LogP contribution in [0, 0.1) is 23.2 Å². The Labute approximate surface area is 208 Å². The summed E-state index contributed by atoms with van der Waals surface area (Å²) in [5.41, 5.74) is 9.71. The zero-order chi connectivity index (χ0) is 20.3. The van der Waals surface area contributed by atoms with Gasteiger partial charge in [0, 0.05) is 26.2 Å². The first-order chi connectivity index (χ1) is 14.6. The van der Waals surface area contributed by atoms with Crippen LogP contribution < -0.4 is 0 Å². The molecule has 4 bridgehead atoms. The van der Waals surface area contributed by atoms with Crippen LogP contribution >= 0.6 is 0 Å². The van der Waals surface area contributed by atoms with Gasteiger partial charge in [-0.3, -0.25) is 0 Å². The molecule has 0 aromatic heterocycles. The molecule has 31 heavy (non-hydrogen) atoms. The smallest absolute Gasteiger partial charge is 0 e. The first-order valence-electron chi connectivity index (χ1n) is 12.5. The molecule has 5 aliphatic carbocycles. The fourth-order valence-corrected chi connectivity index (χ4v) is 8.02. The van der Waals surface area contributed by atoms with Crippen molar-refractivity contribution in [1.82, 2.24) is 0 Å². The molecule has 160 valence electrons. The molecule has 0 radical (unpaired) electrons. The number of rotatable bonds is 5. The van der Waals surface area contributed by atoms with Crippen LogP contribution in [0.3, 0.4) is 0 Å². The zero-order valence-electron chi connectivity index (χ0n) is 19.3. The number of benzene rings is 2. The number of hydrogen-bond donors (Lipinski definition) is 0. The summed E-state index contributed by atoms with van der Waals surface area (Å²) < 4.78 is 0. The maximum atomic E-state index is 2.59. The van der Waals surface area contributed by atoms with E-state index in [-0.39, 0.29) is 26.2 Å². The molecular formula is C30H36Zr. The molecule has 0 heterocycles. The Morgan fingerprint density at radius 2 is 1.55 bits per heavy atom. The van der Waals surface area contributed by atoms with Gasteiger partial charge in [-0.25, -0.2) is 0 Å². The van der Waals surface area contributed by atoms with Gasteiger partial charge in [0.2, 0.25) is 0 Å². The molecule has 0 N–H and O–H groups in total. The predicted molar refractivity (Wildman–Crippen MR) is 127 cm³/mol. The van der Waals surface area contributed by atoms with E-state index >= 15 is 0 Å². The summed E-state index contributed by atoms with van der Waals surface area (Å²) in [6.45, 7) is 4.60. The van der Waals surface area contributed by atoms with E-state index in [0.29, 0.717) is 11.3 Å². The second kappa shape index (κ2) is 8.44. The largest absolute Gasteiger partial charge is 0.0648 e. The van der Waals surface area contributed by atoms with E-state index in [0.717, 1.165) is 17.8 Å². The molecular weight excluding hydrogens is 452 g/mol. The Bertz CT molecular complexity index is 945. The van der Waals surface area contributed by atoms with Gasteiger partial charge in [0.15, 0.2) is 0 Å². The molecule has 1 heteroatoms. The minimum Gasteiger partial charge on any atom is -0.0648 e. The fraction of sp³-hybridized carbons (Fsp3) is 0.533. The molecule has 1 unspecified atom stereocenters. The van der Waals surface area contributed by atoms with Gasteiger partial charge in [-0.2, -0.15) is 0 Å². The SMILES string of the molecule is CCC(C)c1ccc(-c2cccc3c2C=C(CC24CC5CC(CC(C5)C2)C4)C3)cc1.[Zr]. The third-order valence-corrected chi connectivity index (χ3v) is 9.13. The molecule has 1 atom stereocenters. The molecule has 4 fully saturated rings. The van der Waals surface area contributed by atoms with Crippen LogP contribution in [0.25, 0.3) is 17.2 Å². The van der Waals surface area contributed by atoms with Crippen molar-refractivity contribution >= 4 is 6.08 Å². The molecule has 7 rings (SSSR count). The van der Waals surface area contributed by atoms with Gasteiger partial charge in [-0.1, -0.05) is 68.0 Å². The predicted octanol–water partition coefficient (Wildman–Crippen LogP) is 8.41. The van der Waals surface area contributed by atoms with E-state index in [1.165, 1.54) is 60.8 Å². The van der Waals surface area contributed by atoms with E-state index in [1.807, 2.05) is 0 Å². The van der Waals surface area contributed by atoms with E-state index in [2.05, 4.69) is 62.4 Å². The molecule has 0 spiro atoms. The summed E-state index contributed by atoms with van der Waals surface area (Å²) in [7, 11) is 0. The summed E-state index contributed by atoms with van der Waals surface area (Å²) in [6.07, 6.45) is 15.6. The van der Waals surface area contributed by atoms with Gasteiger partial charge < -0.3 is 0 Å². The van der Waals surface area contributed by atoms with Crippen molar-refractivity contribution in [1.29, 1.82) is 0 Å². The molecule has 0 amide bonds. The van der Waals surface area contributed by atoms with Gasteiger partial charge in [-0.15, -0.1) is 0 Å². The van der Waals surface area contributed by atoms with E-state index in [4.69, 9.17) is 0 Å². The van der Waals surface area contributed by atoms with Gasteiger partial charge in [-0.05, 0) is 115 Å². The van der Waals surface area contributed by atoms with Crippen LogP contribution in [-0.2, 0) is 32.6 Å². The first kappa shape index (κ1) is 21.9. The molecule has 5 aliphatic rings. The van der Waals surface area contributed by atoms with Crippen LogP contribution in [0.2, 0.25) is 0 Å². The van der Waals surface area contributed by atoms with Gasteiger partial charge in [0.1, 0.15) is 0 Å². The van der Waals surface area contributed by atoms with Gasteiger partial charge >= 0.3 is 0 Å². The normalized spacial score (nSPS) is 31.2. The molecule has 4 saturated carbocycles. The molecule has 2 aromatic carbocycles. The van der Waals surface area contributed by atoms with Crippen LogP contribution in [0.1, 0.15) is 87.8 Å². The quantitative estimate of drug-likeness (QED) is 0.397. The van der Waals surface area contributed by atoms with E-state index in [9.17, 15) is 0 Å².